The lowest BCUT2D eigenvalue weighted by Gasteiger charge is -2.11. The van der Waals surface area contributed by atoms with Crippen LogP contribution >= 0.6 is 8.58 Å². The van der Waals surface area contributed by atoms with E-state index in [0.29, 0.717) is 0 Å². The predicted molar refractivity (Wildman–Crippen MR) is 54.0 cm³/mol. The van der Waals surface area contributed by atoms with Crippen molar-refractivity contribution >= 4 is 13.9 Å². The SMILES string of the molecule is CC(C#N)(C#N)Pc1ccccc1. The van der Waals surface area contributed by atoms with Gasteiger partial charge in [-0.1, -0.05) is 38.9 Å². The van der Waals surface area contributed by atoms with Crippen molar-refractivity contribution in [1.29, 1.82) is 10.5 Å². The summed E-state index contributed by atoms with van der Waals surface area (Å²) in [6.07, 6.45) is 0. The van der Waals surface area contributed by atoms with Crippen molar-refractivity contribution in [1.82, 2.24) is 0 Å². The molecule has 0 bridgehead atoms. The molecule has 0 radical (unpaired) electrons. The van der Waals surface area contributed by atoms with Crippen LogP contribution in [0.5, 0.6) is 0 Å². The molecule has 2 nitrogen and oxygen atoms in total. The summed E-state index contributed by atoms with van der Waals surface area (Å²) >= 11 is 0. The van der Waals surface area contributed by atoms with Gasteiger partial charge in [-0.25, -0.2) is 0 Å². The van der Waals surface area contributed by atoms with Crippen molar-refractivity contribution in [2.24, 2.45) is 0 Å². The topological polar surface area (TPSA) is 47.6 Å². The van der Waals surface area contributed by atoms with Crippen molar-refractivity contribution < 1.29 is 0 Å². The van der Waals surface area contributed by atoms with Crippen LogP contribution in [0.2, 0.25) is 0 Å². The standard InChI is InChI=1S/C10H9N2P/c1-10(7-11,8-12)13-9-5-3-2-4-6-9/h2-6,13H,1H3. The first-order chi connectivity index (χ1) is 6.20. The van der Waals surface area contributed by atoms with Gasteiger partial charge in [0.2, 0.25) is 0 Å². The van der Waals surface area contributed by atoms with Gasteiger partial charge in [-0.15, -0.1) is 0 Å². The summed E-state index contributed by atoms with van der Waals surface area (Å²) in [4.78, 5) is 0. The van der Waals surface area contributed by atoms with Crippen molar-refractivity contribution in [3.8, 4) is 12.1 Å². The molecule has 1 aromatic carbocycles. The summed E-state index contributed by atoms with van der Waals surface area (Å²) in [7, 11) is 0.226. The summed E-state index contributed by atoms with van der Waals surface area (Å²) in [5.74, 6) is 0. The molecule has 1 aromatic rings. The van der Waals surface area contributed by atoms with Crippen LogP contribution in [-0.2, 0) is 0 Å². The van der Waals surface area contributed by atoms with Crippen molar-refractivity contribution in [2.45, 2.75) is 12.1 Å². The fourth-order valence-electron chi connectivity index (χ4n) is 0.891. The fourth-order valence-corrected chi connectivity index (χ4v) is 1.94. The van der Waals surface area contributed by atoms with Crippen LogP contribution in [0.25, 0.3) is 0 Å². The zero-order valence-electron chi connectivity index (χ0n) is 7.28. The number of nitrogens with zero attached hydrogens (tertiary/aromatic N) is 2. The number of hydrogen-bond donors (Lipinski definition) is 0. The van der Waals surface area contributed by atoms with E-state index in [1.807, 2.05) is 42.5 Å². The van der Waals surface area contributed by atoms with Gasteiger partial charge in [-0.3, -0.25) is 0 Å². The molecular formula is C10H9N2P. The van der Waals surface area contributed by atoms with E-state index in [4.69, 9.17) is 10.5 Å². The number of hydrogen-bond acceptors (Lipinski definition) is 2. The molecule has 0 aliphatic heterocycles. The minimum absolute atomic E-state index is 0.226. The minimum atomic E-state index is -0.874. The van der Waals surface area contributed by atoms with E-state index in [1.54, 1.807) is 6.92 Å². The van der Waals surface area contributed by atoms with Gasteiger partial charge < -0.3 is 0 Å². The lowest BCUT2D eigenvalue weighted by atomic mass is 10.2. The van der Waals surface area contributed by atoms with Crippen molar-refractivity contribution in [3.63, 3.8) is 0 Å². The largest absolute Gasteiger partial charge is 0.196 e. The van der Waals surface area contributed by atoms with E-state index < -0.39 is 5.16 Å². The van der Waals surface area contributed by atoms with Crippen LogP contribution in [0.4, 0.5) is 0 Å². The van der Waals surface area contributed by atoms with E-state index in [0.717, 1.165) is 5.30 Å². The Bertz CT molecular complexity index is 345. The second-order valence-corrected chi connectivity index (χ2v) is 4.67. The molecule has 0 spiro atoms. The van der Waals surface area contributed by atoms with E-state index >= 15 is 0 Å². The Kier molecular flexibility index (Phi) is 3.02. The summed E-state index contributed by atoms with van der Waals surface area (Å²) in [5.41, 5.74) is 0. The normalized spacial score (nSPS) is 11.0. The highest BCUT2D eigenvalue weighted by atomic mass is 31.1. The molecule has 0 aromatic heterocycles. The zero-order valence-corrected chi connectivity index (χ0v) is 8.28. The molecule has 1 atom stereocenters. The second kappa shape index (κ2) is 4.04. The maximum atomic E-state index is 8.78. The van der Waals surface area contributed by atoms with Crippen molar-refractivity contribution in [2.75, 3.05) is 0 Å². The molecule has 1 unspecified atom stereocenters. The molecule has 0 saturated carbocycles. The predicted octanol–water partition coefficient (Wildman–Crippen LogP) is 1.80. The Balaban J connectivity index is 2.83. The van der Waals surface area contributed by atoms with Gasteiger partial charge in [0.15, 0.2) is 5.16 Å². The van der Waals surface area contributed by atoms with Gasteiger partial charge >= 0.3 is 0 Å². The number of benzene rings is 1. The summed E-state index contributed by atoms with van der Waals surface area (Å²) < 4.78 is 0. The molecule has 13 heavy (non-hydrogen) atoms. The zero-order chi connectivity index (χ0) is 9.73. The van der Waals surface area contributed by atoms with Gasteiger partial charge in [-0.2, -0.15) is 10.5 Å². The van der Waals surface area contributed by atoms with Crippen LogP contribution in [0, 0.1) is 22.7 Å². The summed E-state index contributed by atoms with van der Waals surface area (Å²) in [6.45, 7) is 1.67. The van der Waals surface area contributed by atoms with Crippen LogP contribution < -0.4 is 5.30 Å². The lowest BCUT2D eigenvalue weighted by molar-refractivity contribution is 1.03. The van der Waals surface area contributed by atoms with E-state index in [1.165, 1.54) is 0 Å². The molecule has 0 saturated heterocycles. The Hall–Kier alpha value is -1.37. The maximum Gasteiger partial charge on any atom is 0.160 e. The summed E-state index contributed by atoms with van der Waals surface area (Å²) in [5, 5.41) is 17.7. The highest BCUT2D eigenvalue weighted by molar-refractivity contribution is 7.49. The first kappa shape index (κ1) is 9.72. The lowest BCUT2D eigenvalue weighted by Crippen LogP contribution is -2.15. The second-order valence-electron chi connectivity index (χ2n) is 2.84. The van der Waals surface area contributed by atoms with Crippen LogP contribution in [0.15, 0.2) is 30.3 Å². The minimum Gasteiger partial charge on any atom is -0.196 e. The molecular weight excluding hydrogens is 179 g/mol. The number of rotatable bonds is 2. The number of nitriles is 2. The van der Waals surface area contributed by atoms with E-state index in [2.05, 4.69) is 0 Å². The van der Waals surface area contributed by atoms with E-state index in [-0.39, 0.29) is 8.58 Å². The first-order valence-electron chi connectivity index (χ1n) is 3.86. The Morgan fingerprint density at radius 3 is 2.15 bits per heavy atom. The van der Waals surface area contributed by atoms with Crippen LogP contribution in [0.1, 0.15) is 6.92 Å². The third-order valence-corrected chi connectivity index (χ3v) is 2.96. The highest BCUT2D eigenvalue weighted by Crippen LogP contribution is 2.29. The molecule has 0 fully saturated rings. The molecule has 0 amide bonds. The van der Waals surface area contributed by atoms with Gasteiger partial charge in [0.1, 0.15) is 0 Å². The smallest absolute Gasteiger partial charge is 0.160 e. The van der Waals surface area contributed by atoms with Gasteiger partial charge in [0, 0.05) is 0 Å². The van der Waals surface area contributed by atoms with E-state index in [9.17, 15) is 0 Å². The highest BCUT2D eigenvalue weighted by Gasteiger charge is 2.23. The third-order valence-electron chi connectivity index (χ3n) is 1.62. The quantitative estimate of drug-likeness (QED) is 0.664. The Morgan fingerprint density at radius 2 is 1.69 bits per heavy atom. The first-order valence-corrected chi connectivity index (χ1v) is 4.86. The average molecular weight is 188 g/mol. The monoisotopic (exact) mass is 188 g/mol. The Morgan fingerprint density at radius 1 is 1.15 bits per heavy atom. The van der Waals surface area contributed by atoms with Gasteiger partial charge in [0.05, 0.1) is 12.1 Å². The summed E-state index contributed by atoms with van der Waals surface area (Å²) in [6, 6.07) is 13.7. The Labute approximate surface area is 79.6 Å². The van der Waals surface area contributed by atoms with Gasteiger partial charge in [-0.05, 0) is 12.2 Å². The van der Waals surface area contributed by atoms with Crippen LogP contribution in [-0.4, -0.2) is 5.16 Å². The molecule has 64 valence electrons. The molecule has 0 aliphatic rings. The molecule has 3 heteroatoms. The fraction of sp³-hybridized carbons (Fsp3) is 0.200. The molecule has 0 aliphatic carbocycles. The maximum absolute atomic E-state index is 8.78. The molecule has 0 heterocycles. The third kappa shape index (κ3) is 2.55. The molecule has 0 N–H and O–H groups in total. The molecule has 1 rings (SSSR count). The van der Waals surface area contributed by atoms with Crippen LogP contribution in [0.3, 0.4) is 0 Å². The van der Waals surface area contributed by atoms with Crippen molar-refractivity contribution in [3.05, 3.63) is 30.3 Å². The average Bonchev–Trinajstić information content (AvgIpc) is 2.19. The van der Waals surface area contributed by atoms with Gasteiger partial charge in [0.25, 0.3) is 0 Å².